The number of rotatable bonds is 2. The molecule has 0 aliphatic heterocycles. The maximum absolute atomic E-state index is 13.5. The predicted octanol–water partition coefficient (Wildman–Crippen LogP) is 4.12. The molecule has 1 aliphatic carbocycles. The van der Waals surface area contributed by atoms with E-state index in [-0.39, 0.29) is 17.3 Å². The Hall–Kier alpha value is -1.25. The lowest BCUT2D eigenvalue weighted by atomic mass is 9.91. The summed E-state index contributed by atoms with van der Waals surface area (Å²) in [5.74, 6) is -1.53. The number of hydrogen-bond acceptors (Lipinski definition) is 1. The van der Waals surface area contributed by atoms with E-state index in [1.165, 1.54) is 0 Å². The summed E-state index contributed by atoms with van der Waals surface area (Å²) >= 11 is 0. The SMILES string of the molecule is O=C(c1cc(F)ccc1F)C1CCCCCC1. The van der Waals surface area contributed by atoms with Gasteiger partial charge < -0.3 is 0 Å². The molecule has 92 valence electrons. The Morgan fingerprint density at radius 1 is 1.06 bits per heavy atom. The van der Waals surface area contributed by atoms with E-state index in [2.05, 4.69) is 0 Å². The first kappa shape index (κ1) is 12.2. The Bertz CT molecular complexity index is 407. The van der Waals surface area contributed by atoms with E-state index >= 15 is 0 Å². The van der Waals surface area contributed by atoms with Gasteiger partial charge in [0.25, 0.3) is 0 Å². The summed E-state index contributed by atoms with van der Waals surface area (Å²) in [6.07, 6.45) is 5.88. The summed E-state index contributed by atoms with van der Waals surface area (Å²) in [6.45, 7) is 0. The van der Waals surface area contributed by atoms with Crippen molar-refractivity contribution in [3.05, 3.63) is 35.4 Å². The first-order valence-corrected chi connectivity index (χ1v) is 6.18. The van der Waals surface area contributed by atoms with Crippen molar-refractivity contribution in [1.82, 2.24) is 0 Å². The second kappa shape index (κ2) is 5.39. The molecule has 0 atom stereocenters. The molecule has 1 aromatic rings. The van der Waals surface area contributed by atoms with Gasteiger partial charge in [-0.15, -0.1) is 0 Å². The third kappa shape index (κ3) is 2.90. The molecular formula is C14H16F2O. The zero-order valence-electron chi connectivity index (χ0n) is 9.72. The fraction of sp³-hybridized carbons (Fsp3) is 0.500. The smallest absolute Gasteiger partial charge is 0.168 e. The van der Waals surface area contributed by atoms with Crippen LogP contribution in [-0.4, -0.2) is 5.78 Å². The van der Waals surface area contributed by atoms with Crippen LogP contribution in [0.3, 0.4) is 0 Å². The second-order valence-corrected chi connectivity index (χ2v) is 4.68. The van der Waals surface area contributed by atoms with E-state index in [1.54, 1.807) is 0 Å². The van der Waals surface area contributed by atoms with E-state index in [1.807, 2.05) is 0 Å². The van der Waals surface area contributed by atoms with Crippen molar-refractivity contribution in [2.75, 3.05) is 0 Å². The predicted molar refractivity (Wildman–Crippen MR) is 61.9 cm³/mol. The second-order valence-electron chi connectivity index (χ2n) is 4.68. The zero-order valence-corrected chi connectivity index (χ0v) is 9.72. The van der Waals surface area contributed by atoms with Crippen LogP contribution in [0, 0.1) is 17.6 Å². The number of ketones is 1. The maximum Gasteiger partial charge on any atom is 0.168 e. The molecular weight excluding hydrogens is 222 g/mol. The van der Waals surface area contributed by atoms with Gasteiger partial charge in [0.2, 0.25) is 0 Å². The van der Waals surface area contributed by atoms with Gasteiger partial charge in [-0.2, -0.15) is 0 Å². The van der Waals surface area contributed by atoms with E-state index in [0.717, 1.165) is 56.7 Å². The van der Waals surface area contributed by atoms with E-state index in [4.69, 9.17) is 0 Å². The molecule has 1 saturated carbocycles. The number of halogens is 2. The van der Waals surface area contributed by atoms with Gasteiger partial charge in [0.1, 0.15) is 11.6 Å². The summed E-state index contributed by atoms with van der Waals surface area (Å²) in [6, 6.07) is 3.08. The average molecular weight is 238 g/mol. The molecule has 0 aromatic heterocycles. The fourth-order valence-corrected chi connectivity index (χ4v) is 2.45. The monoisotopic (exact) mass is 238 g/mol. The van der Waals surface area contributed by atoms with Crippen molar-refractivity contribution in [1.29, 1.82) is 0 Å². The van der Waals surface area contributed by atoms with Crippen LogP contribution in [0.2, 0.25) is 0 Å². The van der Waals surface area contributed by atoms with Gasteiger partial charge in [-0.25, -0.2) is 8.78 Å². The summed E-state index contributed by atoms with van der Waals surface area (Å²) in [4.78, 5) is 12.1. The van der Waals surface area contributed by atoms with Gasteiger partial charge in [-0.1, -0.05) is 25.7 Å². The summed E-state index contributed by atoms with van der Waals surface area (Å²) in [7, 11) is 0. The van der Waals surface area contributed by atoms with Gasteiger partial charge in [0.05, 0.1) is 5.56 Å². The highest BCUT2D eigenvalue weighted by Crippen LogP contribution is 2.27. The highest BCUT2D eigenvalue weighted by molar-refractivity contribution is 5.98. The quantitative estimate of drug-likeness (QED) is 0.559. The number of carbonyl (C=O) groups is 1. The van der Waals surface area contributed by atoms with Crippen molar-refractivity contribution in [3.8, 4) is 0 Å². The van der Waals surface area contributed by atoms with Crippen LogP contribution in [0.1, 0.15) is 48.9 Å². The minimum Gasteiger partial charge on any atom is -0.294 e. The zero-order chi connectivity index (χ0) is 12.3. The number of Topliss-reactive ketones (excluding diaryl/α,β-unsaturated/α-hetero) is 1. The summed E-state index contributed by atoms with van der Waals surface area (Å²) < 4.78 is 26.5. The minimum absolute atomic E-state index is 0.0862. The van der Waals surface area contributed by atoms with Gasteiger partial charge >= 0.3 is 0 Å². The minimum atomic E-state index is -0.611. The average Bonchev–Trinajstić information content (AvgIpc) is 2.60. The Kier molecular flexibility index (Phi) is 3.87. The fourth-order valence-electron chi connectivity index (χ4n) is 2.45. The maximum atomic E-state index is 13.5. The Labute approximate surface area is 99.8 Å². The van der Waals surface area contributed by atoms with E-state index < -0.39 is 11.6 Å². The van der Waals surface area contributed by atoms with Crippen LogP contribution >= 0.6 is 0 Å². The normalized spacial score (nSPS) is 17.8. The molecule has 3 heteroatoms. The van der Waals surface area contributed by atoms with E-state index in [0.29, 0.717) is 0 Å². The van der Waals surface area contributed by atoms with Gasteiger partial charge in [0.15, 0.2) is 5.78 Å². The lowest BCUT2D eigenvalue weighted by molar-refractivity contribution is 0.0903. The van der Waals surface area contributed by atoms with Crippen LogP contribution in [0.15, 0.2) is 18.2 Å². The molecule has 1 nitrogen and oxygen atoms in total. The number of benzene rings is 1. The Balaban J connectivity index is 2.20. The van der Waals surface area contributed by atoms with Crippen LogP contribution in [0.25, 0.3) is 0 Å². The molecule has 0 bridgehead atoms. The van der Waals surface area contributed by atoms with Crippen LogP contribution < -0.4 is 0 Å². The molecule has 0 unspecified atom stereocenters. The van der Waals surface area contributed by atoms with Crippen molar-refractivity contribution in [2.45, 2.75) is 38.5 Å². The highest BCUT2D eigenvalue weighted by Gasteiger charge is 2.23. The topological polar surface area (TPSA) is 17.1 Å². The van der Waals surface area contributed by atoms with Crippen LogP contribution in [-0.2, 0) is 0 Å². The van der Waals surface area contributed by atoms with Crippen molar-refractivity contribution in [2.24, 2.45) is 5.92 Å². The molecule has 1 aromatic carbocycles. The molecule has 0 amide bonds. The molecule has 0 radical (unpaired) electrons. The third-order valence-corrected chi connectivity index (χ3v) is 3.42. The lowest BCUT2D eigenvalue weighted by Crippen LogP contribution is -2.15. The highest BCUT2D eigenvalue weighted by atomic mass is 19.1. The van der Waals surface area contributed by atoms with Gasteiger partial charge in [-0.3, -0.25) is 4.79 Å². The van der Waals surface area contributed by atoms with Crippen molar-refractivity contribution >= 4 is 5.78 Å². The Morgan fingerprint density at radius 3 is 2.35 bits per heavy atom. The first-order valence-electron chi connectivity index (χ1n) is 6.18. The van der Waals surface area contributed by atoms with Crippen molar-refractivity contribution < 1.29 is 13.6 Å². The van der Waals surface area contributed by atoms with Crippen LogP contribution in [0.5, 0.6) is 0 Å². The lowest BCUT2D eigenvalue weighted by Gasteiger charge is -2.13. The van der Waals surface area contributed by atoms with Gasteiger partial charge in [-0.05, 0) is 31.0 Å². The molecule has 17 heavy (non-hydrogen) atoms. The van der Waals surface area contributed by atoms with Crippen LogP contribution in [0.4, 0.5) is 8.78 Å². The molecule has 0 heterocycles. The third-order valence-electron chi connectivity index (χ3n) is 3.42. The Morgan fingerprint density at radius 2 is 1.71 bits per heavy atom. The summed E-state index contributed by atoms with van der Waals surface area (Å²) in [5, 5.41) is 0. The molecule has 0 N–H and O–H groups in total. The molecule has 0 spiro atoms. The molecule has 1 aliphatic rings. The van der Waals surface area contributed by atoms with E-state index in [9.17, 15) is 13.6 Å². The van der Waals surface area contributed by atoms with Crippen molar-refractivity contribution in [3.63, 3.8) is 0 Å². The molecule has 2 rings (SSSR count). The largest absolute Gasteiger partial charge is 0.294 e. The molecule has 1 fully saturated rings. The standard InChI is InChI=1S/C14H16F2O/c15-11-7-8-13(16)12(9-11)14(17)10-5-3-1-2-4-6-10/h7-10H,1-6H2. The number of hydrogen-bond donors (Lipinski definition) is 0. The first-order chi connectivity index (χ1) is 8.18. The summed E-state index contributed by atoms with van der Waals surface area (Å²) in [5.41, 5.74) is -0.0862. The number of carbonyl (C=O) groups excluding carboxylic acids is 1. The molecule has 0 saturated heterocycles. The van der Waals surface area contributed by atoms with Gasteiger partial charge in [0, 0.05) is 5.92 Å².